The van der Waals surface area contributed by atoms with Crippen LogP contribution in [0.3, 0.4) is 0 Å². The van der Waals surface area contributed by atoms with Crippen LogP contribution in [0.1, 0.15) is 5.56 Å². The number of aryl methyl sites for hydroxylation is 1. The van der Waals surface area contributed by atoms with E-state index in [2.05, 4.69) is 0 Å². The quantitative estimate of drug-likeness (QED) is 0.593. The molecule has 0 amide bonds. The summed E-state index contributed by atoms with van der Waals surface area (Å²) in [5, 5.41) is 9.98. The topological polar surface area (TPSA) is 40.9 Å². The van der Waals surface area contributed by atoms with E-state index < -0.39 is 10.8 Å². The molecule has 0 aliphatic carbocycles. The Bertz CT molecular complexity index is 310. The molecule has 0 N–H and O–H groups in total. The zero-order chi connectivity index (χ0) is 8.27. The average Bonchev–Trinajstić information content (AvgIpc) is 2.05. The highest BCUT2D eigenvalue weighted by Gasteiger charge is 1.98. The van der Waals surface area contributed by atoms with E-state index in [4.69, 9.17) is 5.26 Å². The van der Waals surface area contributed by atoms with Crippen LogP contribution in [0.4, 0.5) is 0 Å². The van der Waals surface area contributed by atoms with E-state index in [-0.39, 0.29) is 0 Å². The minimum absolute atomic E-state index is 0.568. The van der Waals surface area contributed by atoms with Crippen LogP contribution >= 0.6 is 0 Å². The van der Waals surface area contributed by atoms with E-state index in [9.17, 15) is 4.21 Å². The van der Waals surface area contributed by atoms with E-state index in [1.807, 2.05) is 19.1 Å². The second-order valence-corrected chi connectivity index (χ2v) is 3.36. The molecule has 0 radical (unpaired) electrons. The predicted molar refractivity (Wildman–Crippen MR) is 43.2 cm³/mol. The van der Waals surface area contributed by atoms with Crippen LogP contribution in [0, 0.1) is 17.6 Å². The number of hydrogen-bond acceptors (Lipinski definition) is 2. The van der Waals surface area contributed by atoms with Crippen molar-refractivity contribution in [2.24, 2.45) is 0 Å². The third-order valence-electron chi connectivity index (χ3n) is 1.32. The first kappa shape index (κ1) is 7.96. The smallest absolute Gasteiger partial charge is 0.171 e. The molecule has 0 spiro atoms. The Labute approximate surface area is 67.9 Å². The SMILES string of the molecule is Cc1ccc(S(=O)C#N)cc1. The maximum atomic E-state index is 10.9. The van der Waals surface area contributed by atoms with Crippen molar-refractivity contribution >= 4 is 10.8 Å². The Morgan fingerprint density at radius 3 is 2.36 bits per heavy atom. The molecule has 0 heterocycles. The Hall–Kier alpha value is -1.14. The van der Waals surface area contributed by atoms with E-state index in [0.29, 0.717) is 4.90 Å². The van der Waals surface area contributed by atoms with Gasteiger partial charge in [0.25, 0.3) is 0 Å². The van der Waals surface area contributed by atoms with Gasteiger partial charge in [0.05, 0.1) is 4.90 Å². The van der Waals surface area contributed by atoms with Crippen molar-refractivity contribution in [1.29, 1.82) is 5.26 Å². The Kier molecular flexibility index (Phi) is 2.40. The molecule has 1 unspecified atom stereocenters. The molecule has 11 heavy (non-hydrogen) atoms. The van der Waals surface area contributed by atoms with Gasteiger partial charge in [0.15, 0.2) is 16.2 Å². The molecule has 1 atom stereocenters. The van der Waals surface area contributed by atoms with Crippen LogP contribution < -0.4 is 0 Å². The lowest BCUT2D eigenvalue weighted by atomic mass is 10.2. The van der Waals surface area contributed by atoms with E-state index in [1.54, 1.807) is 17.5 Å². The zero-order valence-electron chi connectivity index (χ0n) is 6.07. The van der Waals surface area contributed by atoms with Crippen molar-refractivity contribution in [2.45, 2.75) is 11.8 Å². The lowest BCUT2D eigenvalue weighted by molar-refractivity contribution is 0.689. The third kappa shape index (κ3) is 1.89. The van der Waals surface area contributed by atoms with Crippen molar-refractivity contribution in [3.05, 3.63) is 29.8 Å². The second kappa shape index (κ2) is 3.31. The molecule has 2 nitrogen and oxygen atoms in total. The summed E-state index contributed by atoms with van der Waals surface area (Å²) in [7, 11) is -1.49. The van der Waals surface area contributed by atoms with Gasteiger partial charge in [-0.25, -0.2) is 4.21 Å². The minimum atomic E-state index is -1.49. The molecule has 1 aromatic carbocycles. The number of nitriles is 1. The fraction of sp³-hybridized carbons (Fsp3) is 0.125. The molecule has 3 heteroatoms. The first-order chi connectivity index (χ1) is 5.24. The highest BCUT2D eigenvalue weighted by atomic mass is 32.2. The van der Waals surface area contributed by atoms with Crippen molar-refractivity contribution in [1.82, 2.24) is 0 Å². The summed E-state index contributed by atoms with van der Waals surface area (Å²) >= 11 is 0. The highest BCUT2D eigenvalue weighted by molar-refractivity contribution is 7.89. The standard InChI is InChI=1S/C8H7NOS/c1-7-2-4-8(5-3-7)11(10)6-9/h2-5H,1H3. The van der Waals surface area contributed by atoms with E-state index in [0.717, 1.165) is 5.56 Å². The van der Waals surface area contributed by atoms with Gasteiger partial charge in [-0.05, 0) is 19.1 Å². The molecule has 0 aliphatic heterocycles. The zero-order valence-corrected chi connectivity index (χ0v) is 6.89. The number of hydrogen-bond donors (Lipinski definition) is 0. The summed E-state index contributed by atoms with van der Waals surface area (Å²) in [5.41, 5.74) is 1.10. The molecule has 1 aromatic rings. The predicted octanol–water partition coefficient (Wildman–Crippen LogP) is 1.58. The summed E-state index contributed by atoms with van der Waals surface area (Å²) in [5.74, 6) is 0. The number of rotatable bonds is 1. The van der Waals surface area contributed by atoms with Crippen molar-refractivity contribution in [3.63, 3.8) is 0 Å². The van der Waals surface area contributed by atoms with Gasteiger partial charge in [0.2, 0.25) is 0 Å². The maximum absolute atomic E-state index is 10.9. The lowest BCUT2D eigenvalue weighted by Crippen LogP contribution is -1.85. The molecule has 1 rings (SSSR count). The summed E-state index contributed by atoms with van der Waals surface area (Å²) in [4.78, 5) is 0.568. The summed E-state index contributed by atoms with van der Waals surface area (Å²) in [6.07, 6.45) is 0. The number of benzene rings is 1. The normalized spacial score (nSPS) is 12.0. The number of nitrogens with zero attached hydrogens (tertiary/aromatic N) is 1. The number of thiocyanates is 1. The van der Waals surface area contributed by atoms with Crippen LogP contribution in [-0.4, -0.2) is 4.21 Å². The Morgan fingerprint density at radius 1 is 1.36 bits per heavy atom. The largest absolute Gasteiger partial charge is 0.238 e. The summed E-state index contributed by atoms with van der Waals surface area (Å²) in [6, 6.07) is 7.08. The Balaban J connectivity index is 3.01. The first-order valence-corrected chi connectivity index (χ1v) is 4.27. The first-order valence-electron chi connectivity index (χ1n) is 3.12. The van der Waals surface area contributed by atoms with E-state index in [1.165, 1.54) is 0 Å². The fourth-order valence-electron chi connectivity index (χ4n) is 0.715. The van der Waals surface area contributed by atoms with Crippen molar-refractivity contribution in [2.75, 3.05) is 0 Å². The second-order valence-electron chi connectivity index (χ2n) is 2.17. The van der Waals surface area contributed by atoms with Crippen LogP contribution in [-0.2, 0) is 10.8 Å². The molecule has 0 saturated carbocycles. The van der Waals surface area contributed by atoms with Crippen molar-refractivity contribution < 1.29 is 4.21 Å². The van der Waals surface area contributed by atoms with Gasteiger partial charge in [0, 0.05) is 0 Å². The van der Waals surface area contributed by atoms with Crippen LogP contribution in [0.5, 0.6) is 0 Å². The highest BCUT2D eigenvalue weighted by Crippen LogP contribution is 2.06. The monoisotopic (exact) mass is 165 g/mol. The third-order valence-corrected chi connectivity index (χ3v) is 2.18. The molecule has 0 aliphatic rings. The Morgan fingerprint density at radius 2 is 1.91 bits per heavy atom. The van der Waals surface area contributed by atoms with Crippen LogP contribution in [0.2, 0.25) is 0 Å². The molecular weight excluding hydrogens is 158 g/mol. The van der Waals surface area contributed by atoms with Gasteiger partial charge < -0.3 is 0 Å². The van der Waals surface area contributed by atoms with Gasteiger partial charge in [-0.1, -0.05) is 17.7 Å². The minimum Gasteiger partial charge on any atom is -0.238 e. The van der Waals surface area contributed by atoms with Gasteiger partial charge >= 0.3 is 0 Å². The van der Waals surface area contributed by atoms with E-state index >= 15 is 0 Å². The summed E-state index contributed by atoms with van der Waals surface area (Å²) < 4.78 is 10.9. The molecule has 0 saturated heterocycles. The van der Waals surface area contributed by atoms with Gasteiger partial charge in [0.1, 0.15) is 0 Å². The molecular formula is C8H7NOS. The maximum Gasteiger partial charge on any atom is 0.171 e. The van der Waals surface area contributed by atoms with Gasteiger partial charge in [-0.3, -0.25) is 0 Å². The van der Waals surface area contributed by atoms with Crippen LogP contribution in [0.25, 0.3) is 0 Å². The summed E-state index contributed by atoms with van der Waals surface area (Å²) in [6.45, 7) is 1.94. The van der Waals surface area contributed by atoms with Gasteiger partial charge in [-0.15, -0.1) is 0 Å². The molecule has 0 fully saturated rings. The fourth-order valence-corrected chi connectivity index (χ4v) is 1.20. The molecule has 0 bridgehead atoms. The average molecular weight is 165 g/mol. The van der Waals surface area contributed by atoms with Crippen LogP contribution in [0.15, 0.2) is 29.2 Å². The molecule has 56 valence electrons. The van der Waals surface area contributed by atoms with Gasteiger partial charge in [-0.2, -0.15) is 5.26 Å². The lowest BCUT2D eigenvalue weighted by Gasteiger charge is -1.93. The van der Waals surface area contributed by atoms with Crippen molar-refractivity contribution in [3.8, 4) is 5.40 Å². The molecule has 0 aromatic heterocycles.